The fourth-order valence-electron chi connectivity index (χ4n) is 3.35. The number of carbonyl (C=O) groups is 1. The van der Waals surface area contributed by atoms with Crippen LogP contribution in [0.15, 0.2) is 42.5 Å². The van der Waals surface area contributed by atoms with E-state index in [1.54, 1.807) is 0 Å². The van der Waals surface area contributed by atoms with Crippen molar-refractivity contribution < 1.29 is 4.79 Å². The first-order valence-corrected chi connectivity index (χ1v) is 8.93. The summed E-state index contributed by atoms with van der Waals surface area (Å²) < 4.78 is 0. The van der Waals surface area contributed by atoms with Gasteiger partial charge >= 0.3 is 0 Å². The predicted molar refractivity (Wildman–Crippen MR) is 104 cm³/mol. The van der Waals surface area contributed by atoms with Crippen LogP contribution in [-0.4, -0.2) is 43.5 Å². The van der Waals surface area contributed by atoms with Crippen LogP contribution in [-0.2, 0) is 4.79 Å². The van der Waals surface area contributed by atoms with E-state index in [4.69, 9.17) is 0 Å². The summed E-state index contributed by atoms with van der Waals surface area (Å²) in [6.45, 7) is 10.6. The van der Waals surface area contributed by atoms with Gasteiger partial charge < -0.3 is 10.2 Å². The van der Waals surface area contributed by atoms with E-state index >= 15 is 0 Å². The number of hydrogen-bond acceptors (Lipinski definition) is 3. The SMILES string of the molecule is Cc1cccc(NC(=O)CN2CCN(c3cccc(C)c3C)CC2)c1. The summed E-state index contributed by atoms with van der Waals surface area (Å²) in [5.41, 5.74) is 6.04. The minimum Gasteiger partial charge on any atom is -0.369 e. The Balaban J connectivity index is 1.52. The Labute approximate surface area is 150 Å². The molecule has 0 unspecified atom stereocenters. The number of aryl methyl sites for hydroxylation is 2. The first kappa shape index (κ1) is 17.5. The Morgan fingerprint density at radius 3 is 2.44 bits per heavy atom. The molecule has 0 saturated carbocycles. The lowest BCUT2D eigenvalue weighted by atomic mass is 10.1. The molecule has 2 aromatic carbocycles. The number of anilines is 2. The average Bonchev–Trinajstić information content (AvgIpc) is 2.58. The third kappa shape index (κ3) is 4.40. The van der Waals surface area contributed by atoms with E-state index < -0.39 is 0 Å². The summed E-state index contributed by atoms with van der Waals surface area (Å²) in [6, 6.07) is 14.4. The number of benzene rings is 2. The molecule has 1 fully saturated rings. The molecule has 4 heteroatoms. The summed E-state index contributed by atoms with van der Waals surface area (Å²) in [4.78, 5) is 16.9. The highest BCUT2D eigenvalue weighted by Crippen LogP contribution is 2.23. The van der Waals surface area contributed by atoms with Crippen LogP contribution >= 0.6 is 0 Å². The molecule has 1 aliphatic rings. The first-order chi connectivity index (χ1) is 12.0. The number of nitrogens with one attached hydrogen (secondary N) is 1. The van der Waals surface area contributed by atoms with Gasteiger partial charge in [0.2, 0.25) is 5.91 Å². The Hall–Kier alpha value is -2.33. The van der Waals surface area contributed by atoms with Crippen molar-refractivity contribution in [1.29, 1.82) is 0 Å². The number of rotatable bonds is 4. The fourth-order valence-corrected chi connectivity index (χ4v) is 3.35. The van der Waals surface area contributed by atoms with E-state index in [1.165, 1.54) is 16.8 Å². The predicted octanol–water partition coefficient (Wildman–Crippen LogP) is 3.37. The first-order valence-electron chi connectivity index (χ1n) is 8.93. The van der Waals surface area contributed by atoms with Crippen molar-refractivity contribution in [2.75, 3.05) is 42.9 Å². The molecule has 1 amide bonds. The maximum absolute atomic E-state index is 12.3. The minimum absolute atomic E-state index is 0.0609. The lowest BCUT2D eigenvalue weighted by Crippen LogP contribution is -2.48. The van der Waals surface area contributed by atoms with Crippen LogP contribution in [0.1, 0.15) is 16.7 Å². The molecule has 0 aliphatic carbocycles. The summed E-state index contributed by atoms with van der Waals surface area (Å²) in [7, 11) is 0. The van der Waals surface area contributed by atoms with Crippen molar-refractivity contribution in [2.45, 2.75) is 20.8 Å². The summed E-state index contributed by atoms with van der Waals surface area (Å²) in [5.74, 6) is 0.0609. The highest BCUT2D eigenvalue weighted by Gasteiger charge is 2.20. The van der Waals surface area contributed by atoms with Crippen LogP contribution in [0, 0.1) is 20.8 Å². The molecule has 3 rings (SSSR count). The molecular weight excluding hydrogens is 310 g/mol. The second kappa shape index (κ2) is 7.70. The summed E-state index contributed by atoms with van der Waals surface area (Å²) in [6.07, 6.45) is 0. The Bertz CT molecular complexity index is 749. The zero-order valence-electron chi connectivity index (χ0n) is 15.4. The van der Waals surface area contributed by atoms with Gasteiger partial charge in [-0.15, -0.1) is 0 Å². The van der Waals surface area contributed by atoms with E-state index in [9.17, 15) is 4.79 Å². The van der Waals surface area contributed by atoms with Gasteiger partial charge in [-0.2, -0.15) is 0 Å². The van der Waals surface area contributed by atoms with Gasteiger partial charge in [-0.3, -0.25) is 9.69 Å². The van der Waals surface area contributed by atoms with E-state index in [-0.39, 0.29) is 5.91 Å². The molecule has 25 heavy (non-hydrogen) atoms. The molecule has 0 spiro atoms. The summed E-state index contributed by atoms with van der Waals surface area (Å²) in [5, 5.41) is 3.00. The molecule has 4 nitrogen and oxygen atoms in total. The molecule has 1 N–H and O–H groups in total. The van der Waals surface area contributed by atoms with Crippen LogP contribution in [0.3, 0.4) is 0 Å². The second-order valence-electron chi connectivity index (χ2n) is 6.90. The smallest absolute Gasteiger partial charge is 0.238 e. The number of piperazine rings is 1. The maximum Gasteiger partial charge on any atom is 0.238 e. The van der Waals surface area contributed by atoms with Crippen molar-refractivity contribution in [3.8, 4) is 0 Å². The topological polar surface area (TPSA) is 35.6 Å². The van der Waals surface area contributed by atoms with Crippen molar-refractivity contribution in [3.63, 3.8) is 0 Å². The fraction of sp³-hybridized carbons (Fsp3) is 0.381. The lowest BCUT2D eigenvalue weighted by Gasteiger charge is -2.36. The summed E-state index contributed by atoms with van der Waals surface area (Å²) >= 11 is 0. The van der Waals surface area contributed by atoms with Gasteiger partial charge in [-0.05, 0) is 55.7 Å². The molecule has 132 valence electrons. The largest absolute Gasteiger partial charge is 0.369 e. The maximum atomic E-state index is 12.3. The van der Waals surface area contributed by atoms with Gasteiger partial charge in [0.15, 0.2) is 0 Å². The molecule has 1 saturated heterocycles. The van der Waals surface area contributed by atoms with E-state index in [0.29, 0.717) is 6.54 Å². The van der Waals surface area contributed by atoms with E-state index in [0.717, 1.165) is 37.4 Å². The number of hydrogen-bond donors (Lipinski definition) is 1. The quantitative estimate of drug-likeness (QED) is 0.929. The molecule has 0 aromatic heterocycles. The monoisotopic (exact) mass is 337 g/mol. The molecular formula is C21H27N3O. The van der Waals surface area contributed by atoms with Crippen LogP contribution in [0.5, 0.6) is 0 Å². The van der Waals surface area contributed by atoms with Crippen LogP contribution in [0.2, 0.25) is 0 Å². The van der Waals surface area contributed by atoms with Gasteiger partial charge in [0.05, 0.1) is 6.54 Å². The van der Waals surface area contributed by atoms with Gasteiger partial charge in [0, 0.05) is 37.6 Å². The van der Waals surface area contributed by atoms with E-state index in [2.05, 4.69) is 47.2 Å². The number of carbonyl (C=O) groups excluding carboxylic acids is 1. The van der Waals surface area contributed by atoms with Gasteiger partial charge in [0.1, 0.15) is 0 Å². The van der Waals surface area contributed by atoms with Crippen LogP contribution < -0.4 is 10.2 Å². The molecule has 0 radical (unpaired) electrons. The minimum atomic E-state index is 0.0609. The zero-order chi connectivity index (χ0) is 17.8. The molecule has 1 heterocycles. The van der Waals surface area contributed by atoms with Crippen molar-refractivity contribution >= 4 is 17.3 Å². The average molecular weight is 337 g/mol. The molecule has 0 atom stereocenters. The highest BCUT2D eigenvalue weighted by atomic mass is 16.2. The Morgan fingerprint density at radius 2 is 1.72 bits per heavy atom. The molecule has 1 aliphatic heterocycles. The third-order valence-electron chi connectivity index (χ3n) is 4.96. The highest BCUT2D eigenvalue weighted by molar-refractivity contribution is 5.92. The molecule has 2 aromatic rings. The van der Waals surface area contributed by atoms with Gasteiger partial charge in [-0.25, -0.2) is 0 Å². The van der Waals surface area contributed by atoms with Gasteiger partial charge in [0.25, 0.3) is 0 Å². The van der Waals surface area contributed by atoms with E-state index in [1.807, 2.05) is 31.2 Å². The van der Waals surface area contributed by atoms with Gasteiger partial charge in [-0.1, -0.05) is 24.3 Å². The van der Waals surface area contributed by atoms with Crippen LogP contribution in [0.4, 0.5) is 11.4 Å². The normalized spacial score (nSPS) is 15.2. The van der Waals surface area contributed by atoms with Crippen molar-refractivity contribution in [1.82, 2.24) is 4.90 Å². The third-order valence-corrected chi connectivity index (χ3v) is 4.96. The van der Waals surface area contributed by atoms with Crippen LogP contribution in [0.25, 0.3) is 0 Å². The lowest BCUT2D eigenvalue weighted by molar-refractivity contribution is -0.117. The second-order valence-corrected chi connectivity index (χ2v) is 6.90. The Morgan fingerprint density at radius 1 is 1.00 bits per heavy atom. The number of amides is 1. The van der Waals surface area contributed by atoms with Crippen molar-refractivity contribution in [2.24, 2.45) is 0 Å². The standard InChI is InChI=1S/C21H27N3O/c1-16-6-4-8-19(14-16)22-21(25)15-23-10-12-24(13-11-23)20-9-5-7-17(2)18(20)3/h4-9,14H,10-13,15H2,1-3H3,(H,22,25). The number of nitrogens with zero attached hydrogens (tertiary/aromatic N) is 2. The molecule has 0 bridgehead atoms. The zero-order valence-corrected chi connectivity index (χ0v) is 15.4. The van der Waals surface area contributed by atoms with Crippen molar-refractivity contribution in [3.05, 3.63) is 59.2 Å². The Kier molecular flexibility index (Phi) is 5.39.